The first kappa shape index (κ1) is 20.9. The van der Waals surface area contributed by atoms with E-state index >= 15 is 0 Å². The second-order valence-electron chi connectivity index (χ2n) is 6.06. The van der Waals surface area contributed by atoms with E-state index in [2.05, 4.69) is 10.6 Å². The van der Waals surface area contributed by atoms with Gasteiger partial charge in [0.05, 0.1) is 12.2 Å². The summed E-state index contributed by atoms with van der Waals surface area (Å²) in [6.45, 7) is 8.07. The summed E-state index contributed by atoms with van der Waals surface area (Å²) < 4.78 is 10.5. The van der Waals surface area contributed by atoms with Crippen molar-refractivity contribution >= 4 is 17.6 Å². The number of carbonyl (C=O) groups excluding carboxylic acids is 2. The highest BCUT2D eigenvalue weighted by Gasteiger charge is 2.13. The zero-order chi connectivity index (χ0) is 18.8. The molecular formula is C18H28N2O5. The van der Waals surface area contributed by atoms with Crippen molar-refractivity contribution in [1.29, 1.82) is 0 Å². The van der Waals surface area contributed by atoms with Crippen LogP contribution in [-0.2, 0) is 4.74 Å². The molecule has 0 aromatic heterocycles. The Balaban J connectivity index is 2.71. The Kier molecular flexibility index (Phi) is 8.94. The van der Waals surface area contributed by atoms with Gasteiger partial charge in [-0.3, -0.25) is 10.1 Å². The monoisotopic (exact) mass is 352 g/mol. The molecule has 1 amide bonds. The number of nitrogens with one attached hydrogen (secondary N) is 2. The number of aliphatic hydroxyl groups is 1. The van der Waals surface area contributed by atoms with E-state index in [1.54, 1.807) is 12.1 Å². The summed E-state index contributed by atoms with van der Waals surface area (Å²) >= 11 is 0. The van der Waals surface area contributed by atoms with Gasteiger partial charge >= 0.3 is 6.09 Å². The van der Waals surface area contributed by atoms with Gasteiger partial charge < -0.3 is 19.9 Å². The molecule has 0 aliphatic carbocycles. The van der Waals surface area contributed by atoms with Gasteiger partial charge in [0.2, 0.25) is 0 Å². The standard InChI is InChI=1S/C18H28N2O5/c1-5-8-24-18(23)20-14-6-7-17(16(9-14)13(4)21)25-11-15(22)10-19-12(2)3/h6-7,9,12,15,19,22H,5,8,10-11H2,1-4H3,(H,20,23)/t15-/m0/s1. The maximum Gasteiger partial charge on any atom is 0.411 e. The Bertz CT molecular complexity index is 575. The molecule has 1 aromatic carbocycles. The fourth-order valence-corrected chi connectivity index (χ4v) is 1.97. The first-order valence-corrected chi connectivity index (χ1v) is 8.46. The normalized spacial score (nSPS) is 11.9. The molecule has 0 saturated heterocycles. The van der Waals surface area contributed by atoms with Crippen LogP contribution < -0.4 is 15.4 Å². The molecule has 25 heavy (non-hydrogen) atoms. The third-order valence-electron chi connectivity index (χ3n) is 3.24. The molecule has 140 valence electrons. The minimum atomic E-state index is -0.691. The Morgan fingerprint density at radius 2 is 2.00 bits per heavy atom. The van der Waals surface area contributed by atoms with Gasteiger partial charge in [0.25, 0.3) is 0 Å². The van der Waals surface area contributed by atoms with Crippen molar-refractivity contribution in [3.8, 4) is 5.75 Å². The van der Waals surface area contributed by atoms with Gasteiger partial charge in [0.1, 0.15) is 18.5 Å². The summed E-state index contributed by atoms with van der Waals surface area (Å²) in [6.07, 6.45) is -0.531. The number of benzene rings is 1. The number of hydrogen-bond acceptors (Lipinski definition) is 6. The van der Waals surface area contributed by atoms with Crippen LogP contribution in [0.2, 0.25) is 0 Å². The molecule has 0 aliphatic rings. The van der Waals surface area contributed by atoms with E-state index in [-0.39, 0.29) is 18.4 Å². The highest BCUT2D eigenvalue weighted by molar-refractivity contribution is 5.98. The maximum atomic E-state index is 11.8. The van der Waals surface area contributed by atoms with Crippen LogP contribution in [-0.4, -0.2) is 48.9 Å². The lowest BCUT2D eigenvalue weighted by Gasteiger charge is -2.17. The van der Waals surface area contributed by atoms with Crippen molar-refractivity contribution in [3.63, 3.8) is 0 Å². The lowest BCUT2D eigenvalue weighted by Crippen LogP contribution is -2.35. The van der Waals surface area contributed by atoms with E-state index in [1.165, 1.54) is 13.0 Å². The fourth-order valence-electron chi connectivity index (χ4n) is 1.97. The average molecular weight is 352 g/mol. The molecule has 0 spiro atoms. The van der Waals surface area contributed by atoms with Crippen LogP contribution in [0.3, 0.4) is 0 Å². The molecule has 0 radical (unpaired) electrons. The lowest BCUT2D eigenvalue weighted by atomic mass is 10.1. The van der Waals surface area contributed by atoms with Gasteiger partial charge in [-0.05, 0) is 31.5 Å². The lowest BCUT2D eigenvalue weighted by molar-refractivity contribution is 0.0968. The quantitative estimate of drug-likeness (QED) is 0.560. The minimum Gasteiger partial charge on any atom is -0.490 e. The van der Waals surface area contributed by atoms with Crippen molar-refractivity contribution in [2.24, 2.45) is 0 Å². The summed E-state index contributed by atoms with van der Waals surface area (Å²) in [5, 5.41) is 15.6. The van der Waals surface area contributed by atoms with Crippen LogP contribution in [0.4, 0.5) is 10.5 Å². The first-order valence-electron chi connectivity index (χ1n) is 8.46. The highest BCUT2D eigenvalue weighted by Crippen LogP contribution is 2.24. The molecule has 7 heteroatoms. The van der Waals surface area contributed by atoms with E-state index in [9.17, 15) is 14.7 Å². The number of carbonyl (C=O) groups is 2. The zero-order valence-electron chi connectivity index (χ0n) is 15.3. The molecule has 1 rings (SSSR count). The predicted molar refractivity (Wildman–Crippen MR) is 96.3 cm³/mol. The fraction of sp³-hybridized carbons (Fsp3) is 0.556. The molecule has 0 fully saturated rings. The highest BCUT2D eigenvalue weighted by atomic mass is 16.5. The molecule has 0 unspecified atom stereocenters. The number of aliphatic hydroxyl groups excluding tert-OH is 1. The number of ketones is 1. The molecule has 1 aromatic rings. The third kappa shape index (κ3) is 8.00. The molecule has 1 atom stereocenters. The summed E-state index contributed by atoms with van der Waals surface area (Å²) in [4.78, 5) is 23.4. The molecule has 0 heterocycles. The Hall–Kier alpha value is -2.12. The van der Waals surface area contributed by atoms with Crippen LogP contribution in [0, 0.1) is 0 Å². The van der Waals surface area contributed by atoms with E-state index in [1.807, 2.05) is 20.8 Å². The average Bonchev–Trinajstić information content (AvgIpc) is 2.56. The summed E-state index contributed by atoms with van der Waals surface area (Å²) in [6, 6.07) is 5.01. The number of rotatable bonds is 10. The van der Waals surface area contributed by atoms with Crippen molar-refractivity contribution in [3.05, 3.63) is 23.8 Å². The van der Waals surface area contributed by atoms with Crippen LogP contribution in [0.25, 0.3) is 0 Å². The van der Waals surface area contributed by atoms with Crippen molar-refractivity contribution < 1.29 is 24.2 Å². The van der Waals surface area contributed by atoms with E-state index in [0.29, 0.717) is 30.2 Å². The largest absolute Gasteiger partial charge is 0.490 e. The summed E-state index contributed by atoms with van der Waals surface area (Å²) in [7, 11) is 0. The third-order valence-corrected chi connectivity index (χ3v) is 3.24. The molecule has 0 aliphatic heterocycles. The molecule has 0 saturated carbocycles. The number of hydrogen-bond donors (Lipinski definition) is 3. The SMILES string of the molecule is CCCOC(=O)Nc1ccc(OC[C@@H](O)CNC(C)C)c(C(C)=O)c1. The smallest absolute Gasteiger partial charge is 0.411 e. The van der Waals surface area contributed by atoms with E-state index in [4.69, 9.17) is 9.47 Å². The second-order valence-corrected chi connectivity index (χ2v) is 6.06. The van der Waals surface area contributed by atoms with Gasteiger partial charge in [0, 0.05) is 18.3 Å². The van der Waals surface area contributed by atoms with Gasteiger partial charge in [-0.15, -0.1) is 0 Å². The van der Waals surface area contributed by atoms with E-state index < -0.39 is 12.2 Å². The summed E-state index contributed by atoms with van der Waals surface area (Å²) in [5.41, 5.74) is 0.776. The Morgan fingerprint density at radius 3 is 2.60 bits per heavy atom. The van der Waals surface area contributed by atoms with Gasteiger partial charge in [-0.25, -0.2) is 4.79 Å². The van der Waals surface area contributed by atoms with Gasteiger partial charge in [-0.1, -0.05) is 20.8 Å². The van der Waals surface area contributed by atoms with Crippen molar-refractivity contribution in [2.75, 3.05) is 25.1 Å². The van der Waals surface area contributed by atoms with Crippen LogP contribution >= 0.6 is 0 Å². The number of ether oxygens (including phenoxy) is 2. The van der Waals surface area contributed by atoms with Crippen LogP contribution in [0.15, 0.2) is 18.2 Å². The number of anilines is 1. The Morgan fingerprint density at radius 1 is 1.28 bits per heavy atom. The first-order chi connectivity index (χ1) is 11.8. The maximum absolute atomic E-state index is 11.8. The van der Waals surface area contributed by atoms with Gasteiger partial charge in [-0.2, -0.15) is 0 Å². The predicted octanol–water partition coefficient (Wildman–Crippen LogP) is 2.59. The van der Waals surface area contributed by atoms with Crippen molar-refractivity contribution in [2.45, 2.75) is 46.3 Å². The van der Waals surface area contributed by atoms with Gasteiger partial charge in [0.15, 0.2) is 5.78 Å². The van der Waals surface area contributed by atoms with Crippen LogP contribution in [0.1, 0.15) is 44.5 Å². The van der Waals surface area contributed by atoms with Crippen molar-refractivity contribution in [1.82, 2.24) is 5.32 Å². The minimum absolute atomic E-state index is 0.0608. The topological polar surface area (TPSA) is 96.9 Å². The number of amides is 1. The number of Topliss-reactive ketones (excluding diaryl/α,β-unsaturated/α-hetero) is 1. The molecule has 7 nitrogen and oxygen atoms in total. The Labute approximate surface area is 148 Å². The molecular weight excluding hydrogens is 324 g/mol. The van der Waals surface area contributed by atoms with E-state index in [0.717, 1.165) is 6.42 Å². The summed E-state index contributed by atoms with van der Waals surface area (Å²) in [5.74, 6) is 0.166. The zero-order valence-corrected chi connectivity index (χ0v) is 15.3. The second kappa shape index (κ2) is 10.7. The molecule has 3 N–H and O–H groups in total. The van der Waals surface area contributed by atoms with Crippen LogP contribution in [0.5, 0.6) is 5.75 Å². The molecule has 0 bridgehead atoms.